The van der Waals surface area contributed by atoms with E-state index in [1.165, 1.54) is 22.4 Å². The van der Waals surface area contributed by atoms with Crippen LogP contribution in [0, 0.1) is 5.82 Å². The number of benzene rings is 3. The van der Waals surface area contributed by atoms with Crippen molar-refractivity contribution < 1.29 is 18.7 Å². The summed E-state index contributed by atoms with van der Waals surface area (Å²) in [5.74, 6) is 0.148. The first kappa shape index (κ1) is 25.3. The van der Waals surface area contributed by atoms with Crippen molar-refractivity contribution in [3.8, 4) is 11.4 Å². The minimum absolute atomic E-state index is 0.142. The van der Waals surface area contributed by atoms with E-state index in [1.54, 1.807) is 66.6 Å². The second-order valence-electron chi connectivity index (χ2n) is 8.36. The van der Waals surface area contributed by atoms with Gasteiger partial charge in [-0.15, -0.1) is 0 Å². The quantitative estimate of drug-likeness (QED) is 0.255. The molecule has 0 radical (unpaired) electrons. The highest BCUT2D eigenvalue weighted by Crippen LogP contribution is 2.30. The number of morpholine rings is 1. The van der Waals surface area contributed by atoms with Crippen molar-refractivity contribution in [3.05, 3.63) is 93.0 Å². The van der Waals surface area contributed by atoms with Gasteiger partial charge in [-0.1, -0.05) is 35.5 Å². The van der Waals surface area contributed by atoms with Crippen molar-refractivity contribution in [3.63, 3.8) is 0 Å². The Labute approximate surface area is 221 Å². The summed E-state index contributed by atoms with van der Waals surface area (Å²) in [5.41, 5.74) is 1.37. The number of halogens is 2. The number of fused-ring (bicyclic) bond motifs is 1. The van der Waals surface area contributed by atoms with Crippen LogP contribution in [0.25, 0.3) is 16.6 Å². The van der Waals surface area contributed by atoms with E-state index in [-0.39, 0.29) is 17.2 Å². The third kappa shape index (κ3) is 5.20. The lowest BCUT2D eigenvalue weighted by molar-refractivity contribution is 0.0303. The van der Waals surface area contributed by atoms with Gasteiger partial charge in [-0.25, -0.2) is 9.37 Å². The fourth-order valence-electron chi connectivity index (χ4n) is 4.13. The van der Waals surface area contributed by atoms with Crippen LogP contribution in [-0.2, 0) is 10.5 Å². The minimum atomic E-state index is -0.436. The highest BCUT2D eigenvalue weighted by Gasteiger charge is 2.21. The number of ether oxygens (including phenoxy) is 2. The van der Waals surface area contributed by atoms with E-state index in [4.69, 9.17) is 26.1 Å². The van der Waals surface area contributed by atoms with Crippen LogP contribution in [0.2, 0.25) is 5.02 Å². The molecule has 2 heterocycles. The van der Waals surface area contributed by atoms with Gasteiger partial charge < -0.3 is 14.4 Å². The van der Waals surface area contributed by atoms with Gasteiger partial charge in [0.15, 0.2) is 5.16 Å². The zero-order chi connectivity index (χ0) is 25.9. The molecule has 1 amide bonds. The second kappa shape index (κ2) is 10.9. The van der Waals surface area contributed by atoms with Gasteiger partial charge in [0.25, 0.3) is 11.5 Å². The van der Waals surface area contributed by atoms with Crippen molar-refractivity contribution in [1.29, 1.82) is 0 Å². The van der Waals surface area contributed by atoms with Gasteiger partial charge in [-0.05, 0) is 42.5 Å². The molecular weight excluding hydrogens is 517 g/mol. The molecule has 0 N–H and O–H groups in total. The van der Waals surface area contributed by atoms with Crippen LogP contribution in [0.1, 0.15) is 15.9 Å². The average molecular weight is 540 g/mol. The molecule has 0 spiro atoms. The van der Waals surface area contributed by atoms with Crippen LogP contribution in [0.3, 0.4) is 0 Å². The van der Waals surface area contributed by atoms with Gasteiger partial charge in [0.2, 0.25) is 0 Å². The van der Waals surface area contributed by atoms with Crippen LogP contribution in [-0.4, -0.2) is 53.8 Å². The average Bonchev–Trinajstić information content (AvgIpc) is 2.92. The number of nitrogens with zero attached hydrogens (tertiary/aromatic N) is 3. The maximum absolute atomic E-state index is 14.5. The van der Waals surface area contributed by atoms with Gasteiger partial charge in [0.05, 0.1) is 36.9 Å². The molecule has 1 aliphatic heterocycles. The molecule has 0 unspecified atom stereocenters. The van der Waals surface area contributed by atoms with Crippen molar-refractivity contribution >= 4 is 40.2 Å². The van der Waals surface area contributed by atoms with Crippen LogP contribution < -0.4 is 10.3 Å². The van der Waals surface area contributed by atoms with E-state index in [0.717, 1.165) is 0 Å². The SMILES string of the molecule is COc1cccc(-n2c(SCc3c(F)cccc3Cl)nc3cc(C(=O)N4CCOCC4)ccc3c2=O)c1. The summed E-state index contributed by atoms with van der Waals surface area (Å²) < 4.78 is 26.6. The predicted molar refractivity (Wildman–Crippen MR) is 142 cm³/mol. The number of carbonyl (C=O) groups is 1. The number of thioether (sulfide) groups is 1. The van der Waals surface area contributed by atoms with E-state index < -0.39 is 5.82 Å². The Morgan fingerprint density at radius 2 is 1.92 bits per heavy atom. The van der Waals surface area contributed by atoms with Gasteiger partial charge in [-0.3, -0.25) is 14.2 Å². The summed E-state index contributed by atoms with van der Waals surface area (Å²) in [4.78, 5) is 33.3. The third-order valence-electron chi connectivity index (χ3n) is 6.10. The standard InChI is InChI=1S/C27H23ClFN3O4S/c1-35-19-5-2-4-18(15-19)32-26(34)20-9-8-17(25(33)31-10-12-36-13-11-31)14-24(20)30-27(32)37-16-21-22(28)6-3-7-23(21)29/h2-9,14-15H,10-13,16H2,1H3. The normalized spacial score (nSPS) is 13.6. The van der Waals surface area contributed by atoms with Crippen LogP contribution in [0.15, 0.2) is 70.6 Å². The number of amides is 1. The maximum Gasteiger partial charge on any atom is 0.266 e. The zero-order valence-corrected chi connectivity index (χ0v) is 21.5. The lowest BCUT2D eigenvalue weighted by atomic mass is 10.1. The molecule has 0 aliphatic carbocycles. The number of hydrogen-bond acceptors (Lipinski definition) is 6. The molecule has 0 saturated carbocycles. The lowest BCUT2D eigenvalue weighted by Crippen LogP contribution is -2.40. The first-order valence-electron chi connectivity index (χ1n) is 11.6. The largest absolute Gasteiger partial charge is 0.497 e. The molecule has 1 aliphatic rings. The molecule has 1 aromatic heterocycles. The molecule has 3 aromatic carbocycles. The Balaban J connectivity index is 1.61. The molecule has 10 heteroatoms. The van der Waals surface area contributed by atoms with Gasteiger partial charge in [0, 0.05) is 41.1 Å². The summed E-state index contributed by atoms with van der Waals surface area (Å²) in [6.45, 7) is 1.99. The number of methoxy groups -OCH3 is 1. The second-order valence-corrected chi connectivity index (χ2v) is 9.71. The smallest absolute Gasteiger partial charge is 0.266 e. The summed E-state index contributed by atoms with van der Waals surface area (Å²) >= 11 is 7.42. The van der Waals surface area contributed by atoms with Gasteiger partial charge in [0.1, 0.15) is 11.6 Å². The highest BCUT2D eigenvalue weighted by molar-refractivity contribution is 7.98. The monoisotopic (exact) mass is 539 g/mol. The summed E-state index contributed by atoms with van der Waals surface area (Å²) in [7, 11) is 1.55. The molecule has 1 saturated heterocycles. The Hall–Kier alpha value is -3.40. The Bertz CT molecular complexity index is 1520. The number of carbonyl (C=O) groups excluding carboxylic acids is 1. The van der Waals surface area contributed by atoms with E-state index >= 15 is 0 Å². The Morgan fingerprint density at radius 1 is 1.14 bits per heavy atom. The predicted octanol–water partition coefficient (Wildman–Crippen LogP) is 4.95. The summed E-state index contributed by atoms with van der Waals surface area (Å²) in [5, 5.41) is 0.984. The van der Waals surface area contributed by atoms with E-state index in [2.05, 4.69) is 0 Å². The molecule has 0 bridgehead atoms. The highest BCUT2D eigenvalue weighted by atomic mass is 35.5. The van der Waals surface area contributed by atoms with Crippen molar-refractivity contribution in [1.82, 2.24) is 14.5 Å². The first-order valence-corrected chi connectivity index (χ1v) is 13.0. The van der Waals surface area contributed by atoms with E-state index in [1.807, 2.05) is 0 Å². The number of hydrogen-bond donors (Lipinski definition) is 0. The minimum Gasteiger partial charge on any atom is -0.497 e. The molecule has 4 aromatic rings. The first-order chi connectivity index (χ1) is 18.0. The van der Waals surface area contributed by atoms with Crippen LogP contribution in [0.5, 0.6) is 5.75 Å². The van der Waals surface area contributed by atoms with Crippen molar-refractivity contribution in [2.24, 2.45) is 0 Å². The Kier molecular flexibility index (Phi) is 7.45. The topological polar surface area (TPSA) is 73.7 Å². The summed E-state index contributed by atoms with van der Waals surface area (Å²) in [6, 6.07) is 16.4. The molecule has 7 nitrogen and oxygen atoms in total. The lowest BCUT2D eigenvalue weighted by Gasteiger charge is -2.26. The van der Waals surface area contributed by atoms with E-state index in [9.17, 15) is 14.0 Å². The van der Waals surface area contributed by atoms with E-state index in [0.29, 0.717) is 69.9 Å². The number of rotatable bonds is 6. The Morgan fingerprint density at radius 3 is 2.68 bits per heavy atom. The van der Waals surface area contributed by atoms with Crippen molar-refractivity contribution in [2.75, 3.05) is 33.4 Å². The molecular formula is C27H23ClFN3O4S. The zero-order valence-electron chi connectivity index (χ0n) is 19.9. The van der Waals surface area contributed by atoms with Crippen LogP contribution in [0.4, 0.5) is 4.39 Å². The maximum atomic E-state index is 14.5. The fraction of sp³-hybridized carbons (Fsp3) is 0.222. The molecule has 0 atom stereocenters. The molecule has 5 rings (SSSR count). The number of aromatic nitrogens is 2. The van der Waals surface area contributed by atoms with Crippen LogP contribution >= 0.6 is 23.4 Å². The molecule has 190 valence electrons. The molecule has 37 heavy (non-hydrogen) atoms. The van der Waals surface area contributed by atoms with Gasteiger partial charge >= 0.3 is 0 Å². The van der Waals surface area contributed by atoms with Crippen molar-refractivity contribution in [2.45, 2.75) is 10.9 Å². The fourth-order valence-corrected chi connectivity index (χ4v) is 5.48. The van der Waals surface area contributed by atoms with Gasteiger partial charge in [-0.2, -0.15) is 0 Å². The third-order valence-corrected chi connectivity index (χ3v) is 7.42. The molecule has 1 fully saturated rings. The summed E-state index contributed by atoms with van der Waals surface area (Å²) in [6.07, 6.45) is 0.